The first-order chi connectivity index (χ1) is 13.8. The van der Waals surface area contributed by atoms with E-state index in [1.54, 1.807) is 18.7 Å². The number of carbonyl (C=O) groups excluding carboxylic acids is 1. The second-order valence-electron chi connectivity index (χ2n) is 7.04. The summed E-state index contributed by atoms with van der Waals surface area (Å²) in [7, 11) is -3.70. The Hall–Kier alpha value is -2.70. The Balaban J connectivity index is 2.07. The fraction of sp³-hybridized carbons (Fsp3) is 0.450. The average Bonchev–Trinajstić information content (AvgIpc) is 2.73. The van der Waals surface area contributed by atoms with Crippen molar-refractivity contribution in [3.05, 3.63) is 40.2 Å². The Morgan fingerprint density at radius 1 is 1.24 bits per heavy atom. The number of nitrogens with zero attached hydrogens (tertiary/aromatic N) is 3. The molecule has 0 bridgehead atoms. The number of carbonyl (C=O) groups is 1. The van der Waals surface area contributed by atoms with Gasteiger partial charge in [0.05, 0.1) is 16.5 Å². The lowest BCUT2D eigenvalue weighted by Gasteiger charge is -2.29. The largest absolute Gasteiger partial charge is 0.339 e. The van der Waals surface area contributed by atoms with Gasteiger partial charge in [-0.2, -0.15) is 9.57 Å². The smallest absolute Gasteiger partial charge is 0.254 e. The van der Waals surface area contributed by atoms with Gasteiger partial charge in [-0.25, -0.2) is 8.42 Å². The molecule has 1 aliphatic rings. The number of nitrogens with one attached hydrogen (secondary N) is 1. The second kappa shape index (κ2) is 8.35. The molecule has 0 atom stereocenters. The molecule has 2 heterocycles. The highest BCUT2D eigenvalue weighted by molar-refractivity contribution is 7.89. The summed E-state index contributed by atoms with van der Waals surface area (Å²) in [6.07, 6.45) is 1.18. The topological polar surface area (TPSA) is 114 Å². The molecule has 154 valence electrons. The molecule has 29 heavy (non-hydrogen) atoms. The Kier molecular flexibility index (Phi) is 6.05. The minimum atomic E-state index is -3.70. The number of sulfonamides is 1. The van der Waals surface area contributed by atoms with Crippen LogP contribution in [0.5, 0.6) is 0 Å². The van der Waals surface area contributed by atoms with Gasteiger partial charge in [0.1, 0.15) is 0 Å². The van der Waals surface area contributed by atoms with Crippen molar-refractivity contribution >= 4 is 26.8 Å². The third kappa shape index (κ3) is 4.04. The molecule has 3 rings (SSSR count). The molecule has 9 heteroatoms. The normalized spacial score (nSPS) is 15.6. The zero-order chi connectivity index (χ0) is 21.2. The van der Waals surface area contributed by atoms with Crippen LogP contribution in [0.15, 0.2) is 34.0 Å². The van der Waals surface area contributed by atoms with Crippen LogP contribution in [-0.4, -0.2) is 54.7 Å². The molecule has 1 aliphatic heterocycles. The molecule has 1 fully saturated rings. The maximum absolute atomic E-state index is 13.1. The van der Waals surface area contributed by atoms with Crippen molar-refractivity contribution in [3.8, 4) is 6.07 Å². The SMILES string of the molecule is CCN(CC)S(=O)(=O)c1ccc2[nH]c(=O)cc(C(=O)N3CCC(C#N)CC3)c2c1. The summed E-state index contributed by atoms with van der Waals surface area (Å²) in [5, 5.41) is 9.44. The zero-order valence-corrected chi connectivity index (χ0v) is 17.3. The molecule has 0 radical (unpaired) electrons. The van der Waals surface area contributed by atoms with Crippen LogP contribution in [0, 0.1) is 17.2 Å². The maximum atomic E-state index is 13.1. The lowest BCUT2D eigenvalue weighted by molar-refractivity contribution is 0.0709. The highest BCUT2D eigenvalue weighted by Crippen LogP contribution is 2.25. The summed E-state index contributed by atoms with van der Waals surface area (Å²) < 4.78 is 27.1. The quantitative estimate of drug-likeness (QED) is 0.800. The molecule has 0 unspecified atom stereocenters. The van der Waals surface area contributed by atoms with Crippen LogP contribution in [0.1, 0.15) is 37.0 Å². The van der Waals surface area contributed by atoms with Gasteiger partial charge >= 0.3 is 0 Å². The fourth-order valence-corrected chi connectivity index (χ4v) is 5.15. The summed E-state index contributed by atoms with van der Waals surface area (Å²) in [5.41, 5.74) is 0.161. The van der Waals surface area contributed by atoms with Crippen LogP contribution >= 0.6 is 0 Å². The fourth-order valence-electron chi connectivity index (χ4n) is 3.66. The molecular formula is C20H24N4O4S. The summed E-state index contributed by atoms with van der Waals surface area (Å²) >= 11 is 0. The zero-order valence-electron chi connectivity index (χ0n) is 16.5. The monoisotopic (exact) mass is 416 g/mol. The van der Waals surface area contributed by atoms with Crippen molar-refractivity contribution in [2.24, 2.45) is 5.92 Å². The maximum Gasteiger partial charge on any atom is 0.254 e. The Morgan fingerprint density at radius 2 is 1.90 bits per heavy atom. The predicted molar refractivity (Wildman–Crippen MR) is 109 cm³/mol. The highest BCUT2D eigenvalue weighted by Gasteiger charge is 2.27. The van der Waals surface area contributed by atoms with Crippen molar-refractivity contribution in [3.63, 3.8) is 0 Å². The van der Waals surface area contributed by atoms with Crippen molar-refractivity contribution < 1.29 is 13.2 Å². The molecular weight excluding hydrogens is 392 g/mol. The standard InChI is InChI=1S/C20H24N4O4S/c1-3-24(4-2)29(27,28)15-5-6-18-16(11-15)17(12-19(25)22-18)20(26)23-9-7-14(13-21)8-10-23/h5-6,11-12,14H,3-4,7-10H2,1-2H3,(H,22,25). The number of amides is 1. The van der Waals surface area contributed by atoms with Crippen molar-refractivity contribution in [1.29, 1.82) is 5.26 Å². The van der Waals surface area contributed by atoms with E-state index < -0.39 is 15.6 Å². The molecule has 1 amide bonds. The van der Waals surface area contributed by atoms with E-state index >= 15 is 0 Å². The lowest BCUT2D eigenvalue weighted by Crippen LogP contribution is -2.38. The molecule has 0 aliphatic carbocycles. The van der Waals surface area contributed by atoms with E-state index in [0.717, 1.165) is 0 Å². The first-order valence-corrected chi connectivity index (χ1v) is 11.1. The number of likely N-dealkylation sites (tertiary alicyclic amines) is 1. The van der Waals surface area contributed by atoms with E-state index in [9.17, 15) is 18.0 Å². The minimum Gasteiger partial charge on any atom is -0.339 e. The molecule has 8 nitrogen and oxygen atoms in total. The number of H-pyrrole nitrogens is 1. The number of hydrogen-bond donors (Lipinski definition) is 1. The van der Waals surface area contributed by atoms with Gasteiger partial charge in [-0.1, -0.05) is 13.8 Å². The number of aromatic amines is 1. The van der Waals surface area contributed by atoms with Gasteiger partial charge in [-0.05, 0) is 31.0 Å². The number of benzene rings is 1. The average molecular weight is 417 g/mol. The van der Waals surface area contributed by atoms with Crippen LogP contribution in [0.25, 0.3) is 10.9 Å². The number of piperidine rings is 1. The van der Waals surface area contributed by atoms with Gasteiger partial charge in [0.2, 0.25) is 15.6 Å². The predicted octanol–water partition coefficient (Wildman–Crippen LogP) is 1.93. The van der Waals surface area contributed by atoms with Crippen molar-refractivity contribution in [2.45, 2.75) is 31.6 Å². The number of fused-ring (bicyclic) bond motifs is 1. The molecule has 0 saturated carbocycles. The highest BCUT2D eigenvalue weighted by atomic mass is 32.2. The molecule has 2 aromatic rings. The first kappa shape index (κ1) is 21.0. The Morgan fingerprint density at radius 3 is 2.48 bits per heavy atom. The summed E-state index contributed by atoms with van der Waals surface area (Å²) in [4.78, 5) is 29.5. The first-order valence-electron chi connectivity index (χ1n) is 9.68. The third-order valence-corrected chi connectivity index (χ3v) is 7.40. The number of hydrogen-bond acceptors (Lipinski definition) is 5. The van der Waals surface area contributed by atoms with Crippen LogP contribution in [0.4, 0.5) is 0 Å². The molecule has 1 aromatic heterocycles. The third-order valence-electron chi connectivity index (χ3n) is 5.35. The van der Waals surface area contributed by atoms with Gasteiger partial charge in [-0.15, -0.1) is 0 Å². The summed E-state index contributed by atoms with van der Waals surface area (Å²) in [6.45, 7) is 5.06. The van der Waals surface area contributed by atoms with Crippen LogP contribution < -0.4 is 5.56 Å². The van der Waals surface area contributed by atoms with Crippen molar-refractivity contribution in [2.75, 3.05) is 26.2 Å². The van der Waals surface area contributed by atoms with Gasteiger partial charge in [0, 0.05) is 49.1 Å². The molecule has 0 spiro atoms. The van der Waals surface area contributed by atoms with Gasteiger partial charge in [0.25, 0.3) is 5.91 Å². The van der Waals surface area contributed by atoms with Gasteiger partial charge < -0.3 is 9.88 Å². The van der Waals surface area contributed by atoms with E-state index in [-0.39, 0.29) is 22.3 Å². The molecule has 1 N–H and O–H groups in total. The molecule has 1 aromatic carbocycles. The Bertz CT molecular complexity index is 1120. The lowest BCUT2D eigenvalue weighted by atomic mass is 9.97. The number of rotatable bonds is 5. The van der Waals surface area contributed by atoms with E-state index in [4.69, 9.17) is 5.26 Å². The van der Waals surface area contributed by atoms with E-state index in [1.807, 2.05) is 0 Å². The summed E-state index contributed by atoms with van der Waals surface area (Å²) in [6, 6.07) is 7.86. The van der Waals surface area contributed by atoms with E-state index in [2.05, 4.69) is 11.1 Å². The number of aromatic nitrogens is 1. The summed E-state index contributed by atoms with van der Waals surface area (Å²) in [5.74, 6) is -0.393. The van der Waals surface area contributed by atoms with Crippen LogP contribution in [-0.2, 0) is 10.0 Å². The van der Waals surface area contributed by atoms with E-state index in [0.29, 0.717) is 49.9 Å². The molecule has 1 saturated heterocycles. The van der Waals surface area contributed by atoms with Gasteiger partial charge in [0.15, 0.2) is 0 Å². The number of nitriles is 1. The van der Waals surface area contributed by atoms with Crippen molar-refractivity contribution in [1.82, 2.24) is 14.2 Å². The second-order valence-corrected chi connectivity index (χ2v) is 8.98. The Labute approximate surface area is 169 Å². The van der Waals surface area contributed by atoms with E-state index in [1.165, 1.54) is 28.6 Å². The minimum absolute atomic E-state index is 0.0687. The van der Waals surface area contributed by atoms with Crippen LogP contribution in [0.3, 0.4) is 0 Å². The number of pyridine rings is 1. The van der Waals surface area contributed by atoms with Gasteiger partial charge in [-0.3, -0.25) is 9.59 Å². The van der Waals surface area contributed by atoms with Crippen LogP contribution in [0.2, 0.25) is 0 Å².